The molecule has 0 saturated heterocycles. The van der Waals surface area contributed by atoms with Gasteiger partial charge in [-0.1, -0.05) is 31.6 Å². The van der Waals surface area contributed by atoms with Gasteiger partial charge in [0.25, 0.3) is 0 Å². The molecule has 5 fully saturated rings. The molecular weight excluding hydrogens is 468 g/mol. The number of fused-ring (bicyclic) bond motifs is 7. The van der Waals surface area contributed by atoms with Crippen molar-refractivity contribution in [2.24, 2.45) is 52.3 Å². The molecule has 0 amide bonds. The van der Waals surface area contributed by atoms with Gasteiger partial charge in [0.05, 0.1) is 13.0 Å². The molecule has 1 N–H and O–H groups in total. The Labute approximate surface area is 216 Å². The molecule has 0 aromatic carbocycles. The number of carbonyl (C=O) groups is 3. The van der Waals surface area contributed by atoms with E-state index in [1.807, 2.05) is 13.8 Å². The third-order valence-electron chi connectivity index (χ3n) is 12.8. The van der Waals surface area contributed by atoms with Gasteiger partial charge in [-0.05, 0) is 85.7 Å². The van der Waals surface area contributed by atoms with Crippen molar-refractivity contribution in [3.63, 3.8) is 0 Å². The molecule has 7 aliphatic carbocycles. The number of rotatable bonds is 1. The van der Waals surface area contributed by atoms with E-state index in [9.17, 15) is 19.5 Å². The molecule has 1 aliphatic heterocycles. The van der Waals surface area contributed by atoms with E-state index < -0.39 is 34.8 Å². The minimum atomic E-state index is -1.22. The Morgan fingerprint density at radius 3 is 2.54 bits per heavy atom. The summed E-state index contributed by atoms with van der Waals surface area (Å²) in [5.74, 6) is 0.0426. The second-order valence-corrected chi connectivity index (χ2v) is 13.6. The SMILES string of the molecule is C=C1[C@H]2C[C@H]2[C@]2(C)[C@@H]3CC4=C5[C@H](/C(=C(\C)C(=O)OC)C(=O)[C@H](O)[C@@]5(C)[C@@H]5C[C@H]45)[C@@]34OC(=O)C(C)=C4C[C@@H]12. The lowest BCUT2D eigenvalue weighted by Gasteiger charge is -2.62. The van der Waals surface area contributed by atoms with Gasteiger partial charge >= 0.3 is 11.9 Å². The summed E-state index contributed by atoms with van der Waals surface area (Å²) in [6.45, 7) is 12.4. The lowest BCUT2D eigenvalue weighted by molar-refractivity contribution is -0.175. The zero-order chi connectivity index (χ0) is 26.1. The third kappa shape index (κ3) is 2.08. The Bertz CT molecular complexity index is 1390. The number of esters is 2. The fourth-order valence-electron chi connectivity index (χ4n) is 11.0. The fraction of sp³-hybridized carbons (Fsp3) is 0.645. The number of Topliss-reactive ketones (excluding diaryl/α,β-unsaturated/α-hetero) is 1. The number of ketones is 1. The summed E-state index contributed by atoms with van der Waals surface area (Å²) < 4.78 is 11.7. The van der Waals surface area contributed by atoms with Crippen LogP contribution in [0, 0.1) is 52.3 Å². The summed E-state index contributed by atoms with van der Waals surface area (Å²) in [4.78, 5) is 40.5. The van der Waals surface area contributed by atoms with Gasteiger partial charge < -0.3 is 14.6 Å². The predicted molar refractivity (Wildman–Crippen MR) is 133 cm³/mol. The van der Waals surface area contributed by atoms with Crippen molar-refractivity contribution >= 4 is 17.7 Å². The topological polar surface area (TPSA) is 89.9 Å². The van der Waals surface area contributed by atoms with Crippen molar-refractivity contribution in [1.82, 2.24) is 0 Å². The summed E-state index contributed by atoms with van der Waals surface area (Å²) >= 11 is 0. The Morgan fingerprint density at radius 2 is 1.84 bits per heavy atom. The Morgan fingerprint density at radius 1 is 1.14 bits per heavy atom. The monoisotopic (exact) mass is 502 g/mol. The van der Waals surface area contributed by atoms with Crippen molar-refractivity contribution in [3.8, 4) is 0 Å². The summed E-state index contributed by atoms with van der Waals surface area (Å²) in [5, 5.41) is 11.6. The maximum absolute atomic E-state index is 14.1. The number of aliphatic hydroxyl groups excluding tert-OH is 1. The molecule has 11 atom stereocenters. The summed E-state index contributed by atoms with van der Waals surface area (Å²) in [7, 11) is 1.31. The first kappa shape index (κ1) is 22.5. The zero-order valence-corrected chi connectivity index (χ0v) is 22.1. The summed E-state index contributed by atoms with van der Waals surface area (Å²) in [5.41, 5.74) is 4.08. The van der Waals surface area contributed by atoms with Gasteiger partial charge in [-0.3, -0.25) is 4.79 Å². The predicted octanol–water partition coefficient (Wildman–Crippen LogP) is 3.85. The van der Waals surface area contributed by atoms with Gasteiger partial charge in [0.15, 0.2) is 5.78 Å². The molecule has 5 saturated carbocycles. The van der Waals surface area contributed by atoms with Crippen molar-refractivity contribution in [2.75, 3.05) is 7.11 Å². The minimum Gasteiger partial charge on any atom is -0.466 e. The van der Waals surface area contributed by atoms with Crippen LogP contribution in [0.25, 0.3) is 0 Å². The van der Waals surface area contributed by atoms with Crippen LogP contribution in [-0.4, -0.2) is 41.6 Å². The number of hydrogen-bond acceptors (Lipinski definition) is 6. The molecule has 8 rings (SSSR count). The molecule has 0 bridgehead atoms. The van der Waals surface area contributed by atoms with Crippen molar-refractivity contribution < 1.29 is 29.0 Å². The van der Waals surface area contributed by atoms with Gasteiger partial charge in [-0.15, -0.1) is 0 Å². The molecule has 0 aromatic rings. The smallest absolute Gasteiger partial charge is 0.334 e. The van der Waals surface area contributed by atoms with E-state index in [2.05, 4.69) is 13.5 Å². The van der Waals surface area contributed by atoms with Gasteiger partial charge in [0, 0.05) is 28.1 Å². The maximum Gasteiger partial charge on any atom is 0.334 e. The first-order chi connectivity index (χ1) is 17.4. The average Bonchev–Trinajstić information content (AvgIpc) is 3.77. The summed E-state index contributed by atoms with van der Waals surface area (Å²) in [6.07, 6.45) is 2.43. The molecule has 37 heavy (non-hydrogen) atoms. The number of carbonyl (C=O) groups excluding carboxylic acids is 3. The van der Waals surface area contributed by atoms with Crippen molar-refractivity contribution in [1.29, 1.82) is 0 Å². The Hall–Kier alpha value is -2.47. The van der Waals surface area contributed by atoms with Crippen LogP contribution in [0.1, 0.15) is 53.4 Å². The maximum atomic E-state index is 14.1. The third-order valence-corrected chi connectivity index (χ3v) is 12.8. The largest absolute Gasteiger partial charge is 0.466 e. The van der Waals surface area contributed by atoms with Gasteiger partial charge in [0.1, 0.15) is 11.7 Å². The molecule has 6 heteroatoms. The van der Waals surface area contributed by atoms with Crippen LogP contribution in [0.15, 0.2) is 45.6 Å². The minimum absolute atomic E-state index is 0.000222. The Balaban J connectivity index is 1.47. The molecule has 6 nitrogen and oxygen atoms in total. The number of allylic oxidation sites excluding steroid dienone is 2. The average molecular weight is 503 g/mol. The van der Waals surface area contributed by atoms with E-state index in [0.29, 0.717) is 35.3 Å². The van der Waals surface area contributed by atoms with Crippen LogP contribution >= 0.6 is 0 Å². The van der Waals surface area contributed by atoms with Gasteiger partial charge in [-0.25, -0.2) is 9.59 Å². The fourth-order valence-corrected chi connectivity index (χ4v) is 11.0. The quantitative estimate of drug-likeness (QED) is 0.333. The van der Waals surface area contributed by atoms with Crippen molar-refractivity contribution in [2.45, 2.75) is 65.1 Å². The molecule has 0 radical (unpaired) electrons. The molecule has 0 aromatic heterocycles. The van der Waals surface area contributed by atoms with Crippen LogP contribution in [0.2, 0.25) is 0 Å². The normalized spacial score (nSPS) is 53.1. The first-order valence-electron chi connectivity index (χ1n) is 13.8. The second-order valence-electron chi connectivity index (χ2n) is 13.6. The van der Waals surface area contributed by atoms with Crippen LogP contribution in [0.4, 0.5) is 0 Å². The number of hydrogen-bond donors (Lipinski definition) is 1. The highest BCUT2D eigenvalue weighted by Crippen LogP contribution is 2.82. The highest BCUT2D eigenvalue weighted by Gasteiger charge is 2.80. The molecular formula is C31H34O6. The Kier molecular flexibility index (Phi) is 3.78. The second kappa shape index (κ2) is 6.22. The van der Waals surface area contributed by atoms with Gasteiger partial charge in [0.2, 0.25) is 0 Å². The molecule has 194 valence electrons. The van der Waals surface area contributed by atoms with E-state index >= 15 is 0 Å². The standard InChI is InChI=1S/C31H34O6/c1-11-14-7-19(14)29(4)17(11)10-18-12(2)28(35)37-31(18)21(29)9-16-15-8-20(15)30(5)23(16)24(31)22(25(32)26(30)33)13(3)27(34)36-6/h14-15,17,19-21,24,26,33H,1,7-10H2,2-6H3/b22-13-/t14-,15-,17+,19-,20-,21+,24+,26+,29-,30+,31+/m1/s1. The van der Waals surface area contributed by atoms with E-state index in [1.54, 1.807) is 6.92 Å². The summed E-state index contributed by atoms with van der Waals surface area (Å²) in [6, 6.07) is 0. The van der Waals surface area contributed by atoms with Crippen molar-refractivity contribution in [3.05, 3.63) is 45.6 Å². The van der Waals surface area contributed by atoms with Crippen LogP contribution in [-0.2, 0) is 23.9 Å². The van der Waals surface area contributed by atoms with E-state index in [-0.39, 0.29) is 34.7 Å². The number of methoxy groups -OCH3 is 1. The van der Waals surface area contributed by atoms with E-state index in [1.165, 1.54) is 18.3 Å². The number of ether oxygens (including phenoxy) is 2. The van der Waals surface area contributed by atoms with E-state index in [4.69, 9.17) is 9.47 Å². The number of aliphatic hydroxyl groups is 1. The molecule has 1 spiro atoms. The highest BCUT2D eigenvalue weighted by molar-refractivity contribution is 6.09. The molecule has 0 unspecified atom stereocenters. The molecule has 1 heterocycles. The highest BCUT2D eigenvalue weighted by atomic mass is 16.6. The lowest BCUT2D eigenvalue weighted by Crippen LogP contribution is -2.65. The van der Waals surface area contributed by atoms with Gasteiger partial charge in [-0.2, -0.15) is 0 Å². The molecule has 8 aliphatic rings. The first-order valence-corrected chi connectivity index (χ1v) is 13.8. The van der Waals surface area contributed by atoms with Crippen LogP contribution in [0.5, 0.6) is 0 Å². The lowest BCUT2D eigenvalue weighted by atomic mass is 9.42. The van der Waals surface area contributed by atoms with Crippen LogP contribution in [0.3, 0.4) is 0 Å². The van der Waals surface area contributed by atoms with Crippen LogP contribution < -0.4 is 0 Å². The zero-order valence-electron chi connectivity index (χ0n) is 22.1. The van der Waals surface area contributed by atoms with E-state index in [0.717, 1.165) is 30.4 Å².